The van der Waals surface area contributed by atoms with Crippen molar-refractivity contribution in [2.24, 2.45) is 0 Å². The number of nitrogens with zero attached hydrogens (tertiary/aromatic N) is 1. The summed E-state index contributed by atoms with van der Waals surface area (Å²) in [6.07, 6.45) is 5.27. The van der Waals surface area contributed by atoms with Gasteiger partial charge in [-0.15, -0.1) is 0 Å². The van der Waals surface area contributed by atoms with Crippen molar-refractivity contribution in [1.29, 1.82) is 0 Å². The van der Waals surface area contributed by atoms with Gasteiger partial charge in [0.05, 0.1) is 19.8 Å². The Bertz CT molecular complexity index is 512. The van der Waals surface area contributed by atoms with Crippen LogP contribution in [0.25, 0.3) is 6.08 Å². The van der Waals surface area contributed by atoms with Crippen molar-refractivity contribution in [1.82, 2.24) is 10.2 Å². The van der Waals surface area contributed by atoms with Crippen LogP contribution in [-0.4, -0.2) is 51.2 Å². The number of rotatable bonds is 5. The first-order valence-corrected chi connectivity index (χ1v) is 7.52. The highest BCUT2D eigenvalue weighted by Gasteiger charge is 2.17. The topological polar surface area (TPSA) is 50.8 Å². The van der Waals surface area contributed by atoms with Crippen molar-refractivity contribution in [3.63, 3.8) is 0 Å². The maximum Gasteiger partial charge on any atom is 0.244 e. The summed E-state index contributed by atoms with van der Waals surface area (Å²) in [6, 6.07) is 5.80. The zero-order valence-corrected chi connectivity index (χ0v) is 13.5. The van der Waals surface area contributed by atoms with E-state index >= 15 is 0 Å². The molecule has 1 aliphatic heterocycles. The van der Waals surface area contributed by atoms with Crippen molar-refractivity contribution < 1.29 is 14.3 Å². The first kappa shape index (κ1) is 16.4. The number of benzene rings is 1. The van der Waals surface area contributed by atoms with Gasteiger partial charge in [-0.2, -0.15) is 0 Å². The van der Waals surface area contributed by atoms with Gasteiger partial charge in [-0.3, -0.25) is 4.79 Å². The molecule has 5 heteroatoms. The molecule has 0 unspecified atom stereocenters. The Morgan fingerprint density at radius 3 is 2.36 bits per heavy atom. The molecule has 1 aromatic rings. The van der Waals surface area contributed by atoms with Crippen LogP contribution in [0.2, 0.25) is 0 Å². The van der Waals surface area contributed by atoms with Crippen molar-refractivity contribution in [3.8, 4) is 11.5 Å². The molecule has 1 N–H and O–H groups in total. The van der Waals surface area contributed by atoms with E-state index in [-0.39, 0.29) is 11.9 Å². The summed E-state index contributed by atoms with van der Waals surface area (Å²) in [5, 5.41) is 3.05. The molecule has 1 aromatic carbocycles. The fourth-order valence-corrected chi connectivity index (χ4v) is 2.61. The van der Waals surface area contributed by atoms with Gasteiger partial charge in [-0.25, -0.2) is 0 Å². The SMILES string of the molecule is COc1cccc(OC)c1/C=C/C(=O)NC1CCN(C)CC1. The zero-order chi connectivity index (χ0) is 15.9. The number of carbonyl (C=O) groups is 1. The Morgan fingerprint density at radius 2 is 1.82 bits per heavy atom. The van der Waals surface area contributed by atoms with Crippen molar-refractivity contribution in [2.45, 2.75) is 18.9 Å². The van der Waals surface area contributed by atoms with Gasteiger partial charge < -0.3 is 19.7 Å². The average molecular weight is 304 g/mol. The highest BCUT2D eigenvalue weighted by atomic mass is 16.5. The standard InChI is InChI=1S/C17H24N2O3/c1-19-11-9-13(10-12-19)18-17(20)8-7-14-15(21-2)5-4-6-16(14)22-3/h4-8,13H,9-12H2,1-3H3,(H,18,20)/b8-7+. The Hall–Kier alpha value is -2.01. The highest BCUT2D eigenvalue weighted by Crippen LogP contribution is 2.29. The van der Waals surface area contributed by atoms with Gasteiger partial charge in [0.25, 0.3) is 0 Å². The van der Waals surface area contributed by atoms with E-state index < -0.39 is 0 Å². The molecular formula is C17H24N2O3. The van der Waals surface area contributed by atoms with Crippen molar-refractivity contribution in [3.05, 3.63) is 29.8 Å². The first-order chi connectivity index (χ1) is 10.6. The van der Waals surface area contributed by atoms with E-state index in [0.717, 1.165) is 31.5 Å². The third kappa shape index (κ3) is 4.24. The molecule has 1 heterocycles. The molecule has 1 saturated heterocycles. The Morgan fingerprint density at radius 1 is 1.23 bits per heavy atom. The highest BCUT2D eigenvalue weighted by molar-refractivity contribution is 5.92. The van der Waals surface area contributed by atoms with Crippen LogP contribution >= 0.6 is 0 Å². The zero-order valence-electron chi connectivity index (χ0n) is 13.5. The van der Waals surface area contributed by atoms with Crippen LogP contribution in [0.5, 0.6) is 11.5 Å². The van der Waals surface area contributed by atoms with Crippen LogP contribution in [-0.2, 0) is 4.79 Å². The average Bonchev–Trinajstić information content (AvgIpc) is 2.54. The van der Waals surface area contributed by atoms with Gasteiger partial charge in [0.15, 0.2) is 0 Å². The van der Waals surface area contributed by atoms with E-state index in [1.165, 1.54) is 0 Å². The predicted octanol–water partition coefficient (Wildman–Crippen LogP) is 1.93. The number of likely N-dealkylation sites (tertiary alicyclic amines) is 1. The minimum Gasteiger partial charge on any atom is -0.496 e. The molecule has 0 aromatic heterocycles. The van der Waals surface area contributed by atoms with E-state index in [1.54, 1.807) is 26.4 Å². The van der Waals surface area contributed by atoms with Crippen LogP contribution in [0, 0.1) is 0 Å². The van der Waals surface area contributed by atoms with Gasteiger partial charge in [0.2, 0.25) is 5.91 Å². The molecule has 22 heavy (non-hydrogen) atoms. The Kier molecular flexibility index (Phi) is 5.83. The van der Waals surface area contributed by atoms with Gasteiger partial charge in [0, 0.05) is 12.1 Å². The fraction of sp³-hybridized carbons (Fsp3) is 0.471. The molecule has 0 spiro atoms. The van der Waals surface area contributed by atoms with E-state index in [2.05, 4.69) is 17.3 Å². The molecule has 1 fully saturated rings. The lowest BCUT2D eigenvalue weighted by Crippen LogP contribution is -2.42. The maximum atomic E-state index is 12.1. The second kappa shape index (κ2) is 7.84. The van der Waals surface area contributed by atoms with Crippen LogP contribution in [0.1, 0.15) is 18.4 Å². The second-order valence-electron chi connectivity index (χ2n) is 5.50. The molecule has 5 nitrogen and oxygen atoms in total. The molecule has 1 aliphatic rings. The molecule has 120 valence electrons. The van der Waals surface area contributed by atoms with Crippen LogP contribution in [0.3, 0.4) is 0 Å². The summed E-state index contributed by atoms with van der Waals surface area (Å²) in [5.41, 5.74) is 0.769. The summed E-state index contributed by atoms with van der Waals surface area (Å²) < 4.78 is 10.6. The van der Waals surface area contributed by atoms with Crippen LogP contribution < -0.4 is 14.8 Å². The summed E-state index contributed by atoms with van der Waals surface area (Å²) in [6.45, 7) is 2.05. The van der Waals surface area contributed by atoms with Crippen molar-refractivity contribution >= 4 is 12.0 Å². The lowest BCUT2D eigenvalue weighted by molar-refractivity contribution is -0.117. The number of amides is 1. The van der Waals surface area contributed by atoms with E-state index in [9.17, 15) is 4.79 Å². The van der Waals surface area contributed by atoms with Gasteiger partial charge in [-0.05, 0) is 51.2 Å². The molecule has 0 atom stereocenters. The Balaban J connectivity index is 2.00. The molecule has 1 amide bonds. The Labute approximate surface area is 131 Å². The number of hydrogen-bond acceptors (Lipinski definition) is 4. The molecule has 0 aliphatic carbocycles. The van der Waals surface area contributed by atoms with Gasteiger partial charge in [-0.1, -0.05) is 6.07 Å². The number of piperidine rings is 1. The van der Waals surface area contributed by atoms with E-state index in [1.807, 2.05) is 18.2 Å². The normalized spacial score (nSPS) is 16.7. The largest absolute Gasteiger partial charge is 0.496 e. The fourth-order valence-electron chi connectivity index (χ4n) is 2.61. The number of ether oxygens (including phenoxy) is 2. The molecule has 0 bridgehead atoms. The molecule has 0 saturated carbocycles. The summed E-state index contributed by atoms with van der Waals surface area (Å²) >= 11 is 0. The summed E-state index contributed by atoms with van der Waals surface area (Å²) in [4.78, 5) is 14.3. The van der Waals surface area contributed by atoms with Crippen LogP contribution in [0.15, 0.2) is 24.3 Å². The minimum absolute atomic E-state index is 0.0810. The smallest absolute Gasteiger partial charge is 0.244 e. The summed E-state index contributed by atoms with van der Waals surface area (Å²) in [5.74, 6) is 1.29. The number of nitrogens with one attached hydrogen (secondary N) is 1. The number of carbonyl (C=O) groups excluding carboxylic acids is 1. The molecule has 2 rings (SSSR count). The number of methoxy groups -OCH3 is 2. The van der Waals surface area contributed by atoms with Gasteiger partial charge in [0.1, 0.15) is 11.5 Å². The second-order valence-corrected chi connectivity index (χ2v) is 5.50. The van der Waals surface area contributed by atoms with Crippen molar-refractivity contribution in [2.75, 3.05) is 34.4 Å². The third-order valence-corrected chi connectivity index (χ3v) is 3.93. The lowest BCUT2D eigenvalue weighted by Gasteiger charge is -2.29. The molecular weight excluding hydrogens is 280 g/mol. The first-order valence-electron chi connectivity index (χ1n) is 7.52. The number of hydrogen-bond donors (Lipinski definition) is 1. The van der Waals surface area contributed by atoms with Crippen LogP contribution in [0.4, 0.5) is 0 Å². The lowest BCUT2D eigenvalue weighted by atomic mass is 10.1. The molecule has 0 radical (unpaired) electrons. The van der Waals surface area contributed by atoms with E-state index in [0.29, 0.717) is 11.5 Å². The summed E-state index contributed by atoms with van der Waals surface area (Å²) in [7, 11) is 5.31. The third-order valence-electron chi connectivity index (χ3n) is 3.93. The quantitative estimate of drug-likeness (QED) is 0.845. The monoisotopic (exact) mass is 304 g/mol. The minimum atomic E-state index is -0.0810. The van der Waals surface area contributed by atoms with E-state index in [4.69, 9.17) is 9.47 Å². The predicted molar refractivity (Wildman–Crippen MR) is 87.2 cm³/mol. The van der Waals surface area contributed by atoms with Gasteiger partial charge >= 0.3 is 0 Å². The maximum absolute atomic E-state index is 12.1.